The van der Waals surface area contributed by atoms with Crippen LogP contribution in [-0.2, 0) is 4.79 Å². The van der Waals surface area contributed by atoms with Gasteiger partial charge in [0.2, 0.25) is 5.91 Å². The topological polar surface area (TPSA) is 29.1 Å². The van der Waals surface area contributed by atoms with Gasteiger partial charge in [-0.3, -0.25) is 4.79 Å². The lowest BCUT2D eigenvalue weighted by Gasteiger charge is -2.04. The molecule has 0 aromatic heterocycles. The number of hydrogen-bond donors (Lipinski definition) is 1. The van der Waals surface area contributed by atoms with Crippen molar-refractivity contribution in [2.75, 3.05) is 12.4 Å². The summed E-state index contributed by atoms with van der Waals surface area (Å²) in [7, 11) is 0. The van der Waals surface area contributed by atoms with Crippen LogP contribution in [-0.4, -0.2) is 18.3 Å². The lowest BCUT2D eigenvalue weighted by atomic mass is 10.1. The average molecular weight is 178 g/mol. The van der Waals surface area contributed by atoms with Gasteiger partial charge in [-0.05, 0) is 18.8 Å². The number of amides is 1. The van der Waals surface area contributed by atoms with Crippen LogP contribution in [0.1, 0.15) is 26.7 Å². The van der Waals surface area contributed by atoms with Crippen molar-refractivity contribution in [2.45, 2.75) is 26.7 Å². The van der Waals surface area contributed by atoms with E-state index in [1.807, 2.05) is 0 Å². The van der Waals surface area contributed by atoms with Gasteiger partial charge in [0.25, 0.3) is 0 Å². The van der Waals surface area contributed by atoms with E-state index < -0.39 is 0 Å². The average Bonchev–Trinajstić information content (AvgIpc) is 1.97. The fraction of sp³-hybridized carbons (Fsp3) is 0.875. The molecule has 0 spiro atoms. The Bertz CT molecular complexity index is 115. The largest absolute Gasteiger partial charge is 0.355 e. The molecule has 0 aliphatic carbocycles. The van der Waals surface area contributed by atoms with Crippen LogP contribution in [0.5, 0.6) is 0 Å². The fourth-order valence-electron chi connectivity index (χ4n) is 0.785. The number of rotatable bonds is 5. The molecule has 0 bridgehead atoms. The van der Waals surface area contributed by atoms with Crippen molar-refractivity contribution in [3.63, 3.8) is 0 Å². The van der Waals surface area contributed by atoms with Crippen LogP contribution in [0.4, 0.5) is 0 Å². The summed E-state index contributed by atoms with van der Waals surface area (Å²) >= 11 is 5.28. The Kier molecular flexibility index (Phi) is 6.33. The molecule has 0 aromatic rings. The minimum absolute atomic E-state index is 0.0711. The van der Waals surface area contributed by atoms with Crippen molar-refractivity contribution >= 4 is 17.5 Å². The van der Waals surface area contributed by atoms with Crippen molar-refractivity contribution in [3.8, 4) is 0 Å². The molecule has 2 nitrogen and oxygen atoms in total. The Morgan fingerprint density at radius 3 is 2.64 bits per heavy atom. The van der Waals surface area contributed by atoms with Gasteiger partial charge in [-0.1, -0.05) is 13.8 Å². The maximum atomic E-state index is 10.6. The molecule has 0 aliphatic heterocycles. The summed E-state index contributed by atoms with van der Waals surface area (Å²) in [4.78, 5) is 10.6. The number of carbonyl (C=O) groups is 1. The molecule has 0 saturated carbocycles. The molecular formula is C8H16ClNO. The molecule has 0 aromatic carbocycles. The quantitative estimate of drug-likeness (QED) is 0.504. The van der Waals surface area contributed by atoms with Crippen molar-refractivity contribution in [3.05, 3.63) is 0 Å². The summed E-state index contributed by atoms with van der Waals surface area (Å²) in [6.07, 6.45) is 2.20. The molecule has 3 heteroatoms. The van der Waals surface area contributed by atoms with E-state index in [1.165, 1.54) is 0 Å². The number of carbonyl (C=O) groups excluding carboxylic acids is 1. The molecule has 0 atom stereocenters. The molecule has 0 rings (SSSR count). The predicted octanol–water partition coefficient (Wildman–Crippen LogP) is 1.78. The van der Waals surface area contributed by atoms with Gasteiger partial charge in [-0.15, -0.1) is 11.6 Å². The van der Waals surface area contributed by atoms with Gasteiger partial charge in [-0.2, -0.15) is 0 Å². The first-order valence-electron chi connectivity index (χ1n) is 3.99. The Hall–Kier alpha value is -0.240. The maximum absolute atomic E-state index is 10.6. The monoisotopic (exact) mass is 177 g/mol. The van der Waals surface area contributed by atoms with Gasteiger partial charge >= 0.3 is 0 Å². The SMILES string of the molecule is CC(C)CCCNC(=O)CCl. The van der Waals surface area contributed by atoms with E-state index in [0.717, 1.165) is 19.4 Å². The fourth-order valence-corrected chi connectivity index (χ4v) is 0.880. The van der Waals surface area contributed by atoms with Gasteiger partial charge in [0.15, 0.2) is 0 Å². The van der Waals surface area contributed by atoms with E-state index in [-0.39, 0.29) is 11.8 Å². The maximum Gasteiger partial charge on any atom is 0.234 e. The second-order valence-electron chi connectivity index (χ2n) is 3.02. The minimum atomic E-state index is -0.0737. The van der Waals surface area contributed by atoms with Crippen molar-refractivity contribution in [1.82, 2.24) is 5.32 Å². The highest BCUT2D eigenvalue weighted by molar-refractivity contribution is 6.27. The van der Waals surface area contributed by atoms with Gasteiger partial charge in [0, 0.05) is 6.54 Å². The number of hydrogen-bond acceptors (Lipinski definition) is 1. The number of halogens is 1. The summed E-state index contributed by atoms with van der Waals surface area (Å²) in [5.74, 6) is 0.708. The Balaban J connectivity index is 3.08. The molecule has 0 aliphatic rings. The van der Waals surface area contributed by atoms with E-state index in [2.05, 4.69) is 19.2 Å². The molecule has 0 radical (unpaired) electrons. The van der Waals surface area contributed by atoms with Crippen LogP contribution >= 0.6 is 11.6 Å². The summed E-state index contributed by atoms with van der Waals surface area (Å²) in [6, 6.07) is 0. The van der Waals surface area contributed by atoms with Gasteiger partial charge in [0.05, 0.1) is 0 Å². The predicted molar refractivity (Wildman–Crippen MR) is 47.8 cm³/mol. The zero-order chi connectivity index (χ0) is 8.69. The molecule has 1 amide bonds. The highest BCUT2D eigenvalue weighted by Gasteiger charge is 1.97. The van der Waals surface area contributed by atoms with Crippen molar-refractivity contribution in [1.29, 1.82) is 0 Å². The molecule has 1 N–H and O–H groups in total. The number of nitrogens with one attached hydrogen (secondary N) is 1. The molecule has 0 saturated heterocycles. The van der Waals surface area contributed by atoms with Gasteiger partial charge < -0.3 is 5.32 Å². The molecule has 11 heavy (non-hydrogen) atoms. The third-order valence-electron chi connectivity index (χ3n) is 1.40. The van der Waals surface area contributed by atoms with Crippen LogP contribution in [0.2, 0.25) is 0 Å². The second-order valence-corrected chi connectivity index (χ2v) is 3.29. The molecule has 0 unspecified atom stereocenters. The van der Waals surface area contributed by atoms with Crippen LogP contribution < -0.4 is 5.32 Å². The summed E-state index contributed by atoms with van der Waals surface area (Å²) < 4.78 is 0. The van der Waals surface area contributed by atoms with E-state index >= 15 is 0 Å². The highest BCUT2D eigenvalue weighted by atomic mass is 35.5. The number of alkyl halides is 1. The van der Waals surface area contributed by atoms with Crippen molar-refractivity contribution < 1.29 is 4.79 Å². The first kappa shape index (κ1) is 10.8. The van der Waals surface area contributed by atoms with Crippen LogP contribution in [0, 0.1) is 5.92 Å². The summed E-state index contributed by atoms with van der Waals surface area (Å²) in [6.45, 7) is 5.09. The lowest BCUT2D eigenvalue weighted by Crippen LogP contribution is -2.25. The standard InChI is InChI=1S/C8H16ClNO/c1-7(2)4-3-5-10-8(11)6-9/h7H,3-6H2,1-2H3,(H,10,11). The van der Waals surface area contributed by atoms with E-state index in [0.29, 0.717) is 5.92 Å². The smallest absolute Gasteiger partial charge is 0.234 e. The summed E-state index contributed by atoms with van der Waals surface area (Å²) in [5.41, 5.74) is 0. The first-order valence-corrected chi connectivity index (χ1v) is 4.53. The zero-order valence-corrected chi connectivity index (χ0v) is 7.95. The molecule has 0 fully saturated rings. The van der Waals surface area contributed by atoms with Crippen molar-refractivity contribution in [2.24, 2.45) is 5.92 Å². The Labute approximate surface area is 73.3 Å². The zero-order valence-electron chi connectivity index (χ0n) is 7.19. The molecular weight excluding hydrogens is 162 g/mol. The van der Waals surface area contributed by atoms with E-state index in [9.17, 15) is 4.79 Å². The van der Waals surface area contributed by atoms with E-state index in [4.69, 9.17) is 11.6 Å². The minimum Gasteiger partial charge on any atom is -0.355 e. The first-order chi connectivity index (χ1) is 5.16. The van der Waals surface area contributed by atoms with Gasteiger partial charge in [-0.25, -0.2) is 0 Å². The highest BCUT2D eigenvalue weighted by Crippen LogP contribution is 2.01. The van der Waals surface area contributed by atoms with Crippen LogP contribution in [0.3, 0.4) is 0 Å². The normalized spacial score (nSPS) is 10.2. The Morgan fingerprint density at radius 2 is 2.18 bits per heavy atom. The summed E-state index contributed by atoms with van der Waals surface area (Å²) in [5, 5.41) is 2.72. The second kappa shape index (κ2) is 6.47. The third-order valence-corrected chi connectivity index (χ3v) is 1.64. The third kappa shape index (κ3) is 7.66. The van der Waals surface area contributed by atoms with E-state index in [1.54, 1.807) is 0 Å². The van der Waals surface area contributed by atoms with Crippen LogP contribution in [0.25, 0.3) is 0 Å². The molecule has 66 valence electrons. The lowest BCUT2D eigenvalue weighted by molar-refractivity contribution is -0.118. The molecule has 0 heterocycles. The Morgan fingerprint density at radius 1 is 1.55 bits per heavy atom. The van der Waals surface area contributed by atoms with Crippen LogP contribution in [0.15, 0.2) is 0 Å². The van der Waals surface area contributed by atoms with Gasteiger partial charge in [0.1, 0.15) is 5.88 Å².